The number of amides is 1. The van der Waals surface area contributed by atoms with Crippen molar-refractivity contribution in [2.24, 2.45) is 7.05 Å². The Hall–Kier alpha value is -2.91. The van der Waals surface area contributed by atoms with Gasteiger partial charge in [0, 0.05) is 23.4 Å². The second kappa shape index (κ2) is 6.07. The van der Waals surface area contributed by atoms with Crippen molar-refractivity contribution in [2.75, 3.05) is 12.1 Å². The van der Waals surface area contributed by atoms with E-state index in [0.29, 0.717) is 15.8 Å². The number of ether oxygens (including phenoxy) is 2. The summed E-state index contributed by atoms with van der Waals surface area (Å²) in [5, 5.41) is 10.7. The van der Waals surface area contributed by atoms with E-state index in [4.69, 9.17) is 9.47 Å². The Morgan fingerprint density at radius 1 is 1.26 bits per heavy atom. The highest BCUT2D eigenvalue weighted by Crippen LogP contribution is 2.36. The maximum atomic E-state index is 12.6. The predicted molar refractivity (Wildman–Crippen MR) is 105 cm³/mol. The third kappa shape index (κ3) is 2.75. The van der Waals surface area contributed by atoms with Crippen LogP contribution in [0.4, 0.5) is 5.13 Å². The van der Waals surface area contributed by atoms with Gasteiger partial charge >= 0.3 is 0 Å². The summed E-state index contributed by atoms with van der Waals surface area (Å²) in [4.78, 5) is 18.8. The van der Waals surface area contributed by atoms with Gasteiger partial charge in [-0.15, -0.1) is 22.7 Å². The van der Waals surface area contributed by atoms with Crippen LogP contribution in [-0.4, -0.2) is 27.5 Å². The average Bonchev–Trinajstić information content (AvgIpc) is 3.41. The van der Waals surface area contributed by atoms with Crippen molar-refractivity contribution in [1.82, 2.24) is 14.8 Å². The molecule has 4 aromatic rings. The van der Waals surface area contributed by atoms with E-state index < -0.39 is 0 Å². The number of aryl methyl sites for hydroxylation is 2. The predicted octanol–water partition coefficient (Wildman–Crippen LogP) is 4.05. The molecule has 1 amide bonds. The van der Waals surface area contributed by atoms with Crippen LogP contribution >= 0.6 is 22.7 Å². The third-order valence-corrected chi connectivity index (χ3v) is 6.27. The summed E-state index contributed by atoms with van der Waals surface area (Å²) in [5.74, 6) is 1.28. The Morgan fingerprint density at radius 3 is 2.96 bits per heavy atom. The van der Waals surface area contributed by atoms with Gasteiger partial charge in [-0.25, -0.2) is 4.98 Å². The molecule has 4 heterocycles. The van der Waals surface area contributed by atoms with Gasteiger partial charge in [0.15, 0.2) is 16.6 Å². The molecule has 1 aliphatic heterocycles. The van der Waals surface area contributed by atoms with Crippen LogP contribution < -0.4 is 14.8 Å². The first-order valence-corrected chi connectivity index (χ1v) is 9.88. The number of fused-ring (bicyclic) bond motifs is 2. The molecule has 0 fully saturated rings. The van der Waals surface area contributed by atoms with E-state index in [1.165, 1.54) is 22.7 Å². The topological polar surface area (TPSA) is 78.3 Å². The zero-order chi connectivity index (χ0) is 18.5. The van der Waals surface area contributed by atoms with Gasteiger partial charge in [-0.1, -0.05) is 0 Å². The summed E-state index contributed by atoms with van der Waals surface area (Å²) in [6.45, 7) is 2.18. The number of benzene rings is 1. The van der Waals surface area contributed by atoms with E-state index in [0.717, 1.165) is 32.9 Å². The highest BCUT2D eigenvalue weighted by Gasteiger charge is 2.18. The number of carbonyl (C=O) groups excluding carboxylic acids is 1. The Kier molecular flexibility index (Phi) is 3.66. The quantitative estimate of drug-likeness (QED) is 0.563. The maximum Gasteiger partial charge on any atom is 0.267 e. The second-order valence-electron chi connectivity index (χ2n) is 6.10. The number of hydrogen-bond donors (Lipinski definition) is 1. The lowest BCUT2D eigenvalue weighted by Crippen LogP contribution is -2.09. The summed E-state index contributed by atoms with van der Waals surface area (Å²) >= 11 is 2.81. The largest absolute Gasteiger partial charge is 0.454 e. The molecule has 3 aromatic heterocycles. The first kappa shape index (κ1) is 16.3. The van der Waals surface area contributed by atoms with E-state index in [1.807, 2.05) is 43.6 Å². The Balaban J connectivity index is 1.38. The van der Waals surface area contributed by atoms with Crippen molar-refractivity contribution < 1.29 is 14.3 Å². The fourth-order valence-electron chi connectivity index (χ4n) is 3.00. The Bertz CT molecular complexity index is 1160. The molecule has 0 saturated heterocycles. The van der Waals surface area contributed by atoms with Gasteiger partial charge in [0.05, 0.1) is 16.3 Å². The molecular formula is C18H14N4O3S2. The minimum atomic E-state index is -0.165. The number of nitrogens with zero attached hydrogens (tertiary/aromatic N) is 3. The highest BCUT2D eigenvalue weighted by atomic mass is 32.1. The highest BCUT2D eigenvalue weighted by molar-refractivity contribution is 7.20. The minimum absolute atomic E-state index is 0.165. The molecule has 0 spiro atoms. The SMILES string of the molecule is Cc1nn(C)c2sc(C(=O)Nc3nc(-c4ccc5c(c4)OCO5)cs3)cc12. The third-order valence-electron chi connectivity index (χ3n) is 4.31. The number of thiazole rings is 1. The second-order valence-corrected chi connectivity index (χ2v) is 7.99. The molecule has 0 saturated carbocycles. The van der Waals surface area contributed by atoms with Gasteiger partial charge in [0.2, 0.25) is 6.79 Å². The van der Waals surface area contributed by atoms with Crippen LogP contribution in [0.2, 0.25) is 0 Å². The number of anilines is 1. The molecule has 1 aromatic carbocycles. The number of nitrogens with one attached hydrogen (secondary N) is 1. The normalized spacial score (nSPS) is 12.7. The summed E-state index contributed by atoms with van der Waals surface area (Å²) in [5.41, 5.74) is 2.62. The first-order valence-electron chi connectivity index (χ1n) is 8.18. The van der Waals surface area contributed by atoms with Crippen LogP contribution in [0.1, 0.15) is 15.4 Å². The van der Waals surface area contributed by atoms with Crippen LogP contribution in [0, 0.1) is 6.92 Å². The van der Waals surface area contributed by atoms with Crippen molar-refractivity contribution in [2.45, 2.75) is 6.92 Å². The molecule has 0 unspecified atom stereocenters. The molecule has 27 heavy (non-hydrogen) atoms. The van der Waals surface area contributed by atoms with E-state index in [2.05, 4.69) is 15.4 Å². The van der Waals surface area contributed by atoms with Crippen molar-refractivity contribution in [3.05, 3.63) is 40.2 Å². The first-order chi connectivity index (χ1) is 13.1. The lowest BCUT2D eigenvalue weighted by molar-refractivity contribution is 0.103. The van der Waals surface area contributed by atoms with Gasteiger partial charge in [0.1, 0.15) is 4.83 Å². The molecule has 136 valence electrons. The molecule has 0 bridgehead atoms. The number of rotatable bonds is 3. The number of carbonyl (C=O) groups is 1. The van der Waals surface area contributed by atoms with Crippen molar-refractivity contribution in [3.8, 4) is 22.8 Å². The molecule has 1 N–H and O–H groups in total. The molecule has 7 nitrogen and oxygen atoms in total. The zero-order valence-electron chi connectivity index (χ0n) is 14.5. The van der Waals surface area contributed by atoms with Crippen molar-refractivity contribution >= 4 is 43.9 Å². The van der Waals surface area contributed by atoms with Crippen LogP contribution in [0.3, 0.4) is 0 Å². The molecule has 0 radical (unpaired) electrons. The van der Waals surface area contributed by atoms with E-state index in [-0.39, 0.29) is 12.7 Å². The Morgan fingerprint density at radius 2 is 2.11 bits per heavy atom. The van der Waals surface area contributed by atoms with Gasteiger partial charge < -0.3 is 9.47 Å². The molecule has 9 heteroatoms. The smallest absolute Gasteiger partial charge is 0.267 e. The minimum Gasteiger partial charge on any atom is -0.454 e. The molecule has 1 aliphatic rings. The average molecular weight is 398 g/mol. The summed E-state index contributed by atoms with van der Waals surface area (Å²) in [6, 6.07) is 7.56. The van der Waals surface area contributed by atoms with Crippen LogP contribution in [0.25, 0.3) is 21.5 Å². The monoisotopic (exact) mass is 398 g/mol. The van der Waals surface area contributed by atoms with Crippen LogP contribution in [0.15, 0.2) is 29.6 Å². The standard InChI is InChI=1S/C18H14N4O3S2/c1-9-11-6-15(27-17(11)22(2)21-9)16(23)20-18-19-12(7-26-18)10-3-4-13-14(5-10)25-8-24-13/h3-7H,8H2,1-2H3,(H,19,20,23). The summed E-state index contributed by atoms with van der Waals surface area (Å²) in [7, 11) is 1.88. The van der Waals surface area contributed by atoms with E-state index in [1.54, 1.807) is 4.68 Å². The molecular weight excluding hydrogens is 384 g/mol. The number of hydrogen-bond acceptors (Lipinski definition) is 7. The maximum absolute atomic E-state index is 12.6. The Labute approximate surface area is 162 Å². The van der Waals surface area contributed by atoms with Crippen molar-refractivity contribution in [1.29, 1.82) is 0 Å². The van der Waals surface area contributed by atoms with E-state index in [9.17, 15) is 4.79 Å². The van der Waals surface area contributed by atoms with Gasteiger partial charge in [-0.05, 0) is 31.2 Å². The van der Waals surface area contributed by atoms with Crippen LogP contribution in [-0.2, 0) is 7.05 Å². The van der Waals surface area contributed by atoms with Gasteiger partial charge in [-0.3, -0.25) is 14.8 Å². The molecule has 0 atom stereocenters. The van der Waals surface area contributed by atoms with Gasteiger partial charge in [0.25, 0.3) is 5.91 Å². The van der Waals surface area contributed by atoms with Crippen LogP contribution in [0.5, 0.6) is 11.5 Å². The number of thiophene rings is 1. The lowest BCUT2D eigenvalue weighted by Gasteiger charge is -2.00. The molecule has 5 rings (SSSR count). The van der Waals surface area contributed by atoms with E-state index >= 15 is 0 Å². The van der Waals surface area contributed by atoms with Crippen molar-refractivity contribution in [3.63, 3.8) is 0 Å². The zero-order valence-corrected chi connectivity index (χ0v) is 16.1. The number of aromatic nitrogens is 3. The fraction of sp³-hybridized carbons (Fsp3) is 0.167. The van der Waals surface area contributed by atoms with Gasteiger partial charge in [-0.2, -0.15) is 5.10 Å². The summed E-state index contributed by atoms with van der Waals surface area (Å²) < 4.78 is 12.5. The fourth-order valence-corrected chi connectivity index (χ4v) is 4.73. The lowest BCUT2D eigenvalue weighted by atomic mass is 10.1. The molecule has 0 aliphatic carbocycles. The summed E-state index contributed by atoms with van der Waals surface area (Å²) in [6.07, 6.45) is 0.